The van der Waals surface area contributed by atoms with Gasteiger partial charge in [-0.3, -0.25) is 14.4 Å². The van der Waals surface area contributed by atoms with Crippen molar-refractivity contribution in [1.82, 2.24) is 10.2 Å². The van der Waals surface area contributed by atoms with E-state index in [2.05, 4.69) is 29.4 Å². The molecule has 0 fully saturated rings. The maximum Gasteiger partial charge on any atom is 0.264 e. The second-order valence-electron chi connectivity index (χ2n) is 8.27. The van der Waals surface area contributed by atoms with Gasteiger partial charge in [-0.25, -0.2) is 8.42 Å². The Morgan fingerprint density at radius 3 is 2.22 bits per heavy atom. The number of anilines is 2. The van der Waals surface area contributed by atoms with Crippen molar-refractivity contribution in [2.24, 2.45) is 0 Å². The van der Waals surface area contributed by atoms with Gasteiger partial charge < -0.3 is 0 Å². The van der Waals surface area contributed by atoms with Gasteiger partial charge in [0.15, 0.2) is 4.34 Å². The molecule has 3 aromatic carbocycles. The van der Waals surface area contributed by atoms with Crippen LogP contribution in [0, 0.1) is 0 Å². The lowest BCUT2D eigenvalue weighted by molar-refractivity contribution is -0.114. The second kappa shape index (κ2) is 11.7. The number of amides is 1. The molecule has 7 nitrogen and oxygen atoms in total. The minimum atomic E-state index is -3.97. The van der Waals surface area contributed by atoms with Gasteiger partial charge in [-0.15, -0.1) is 10.2 Å². The Bertz CT molecular complexity index is 1390. The summed E-state index contributed by atoms with van der Waals surface area (Å²) in [4.78, 5) is 13.1. The standard InChI is InChI=1S/C26H26N4O3S3/c1-19(2)21-13-15-22(16-14-21)30(36(32,33)23-11-7-4-8-12-23)17-24(31)27-25-28-29-26(35-25)34-18-20-9-5-3-6-10-20/h3-16,19H,17-18H2,1-2H3,(H,27,28,31). The van der Waals surface area contributed by atoms with Crippen molar-refractivity contribution in [2.45, 2.75) is 34.8 Å². The quantitative estimate of drug-likeness (QED) is 0.203. The summed E-state index contributed by atoms with van der Waals surface area (Å²) < 4.78 is 28.8. The van der Waals surface area contributed by atoms with Crippen LogP contribution in [0.5, 0.6) is 0 Å². The number of benzene rings is 3. The van der Waals surface area contributed by atoms with E-state index in [0.29, 0.717) is 21.1 Å². The Morgan fingerprint density at radius 2 is 1.58 bits per heavy atom. The third-order valence-electron chi connectivity index (χ3n) is 5.32. The molecule has 0 bridgehead atoms. The van der Waals surface area contributed by atoms with Crippen LogP contribution >= 0.6 is 23.1 Å². The number of nitrogens with zero attached hydrogens (tertiary/aromatic N) is 3. The maximum atomic E-state index is 13.5. The van der Waals surface area contributed by atoms with Crippen molar-refractivity contribution in [3.05, 3.63) is 96.1 Å². The minimum absolute atomic E-state index is 0.112. The van der Waals surface area contributed by atoms with E-state index in [0.717, 1.165) is 21.2 Å². The first-order valence-electron chi connectivity index (χ1n) is 11.3. The molecule has 10 heteroatoms. The molecule has 0 unspecified atom stereocenters. The van der Waals surface area contributed by atoms with Crippen molar-refractivity contribution >= 4 is 49.8 Å². The number of sulfonamides is 1. The van der Waals surface area contributed by atoms with Crippen LogP contribution in [0.2, 0.25) is 0 Å². The molecule has 0 aliphatic carbocycles. The van der Waals surface area contributed by atoms with E-state index in [9.17, 15) is 13.2 Å². The average Bonchev–Trinajstić information content (AvgIpc) is 3.34. The van der Waals surface area contributed by atoms with Crippen molar-refractivity contribution < 1.29 is 13.2 Å². The predicted molar refractivity (Wildman–Crippen MR) is 146 cm³/mol. The molecule has 0 spiro atoms. The molecular weight excluding hydrogens is 513 g/mol. The van der Waals surface area contributed by atoms with Gasteiger partial charge in [0.2, 0.25) is 11.0 Å². The Morgan fingerprint density at radius 1 is 0.944 bits per heavy atom. The van der Waals surface area contributed by atoms with Gasteiger partial charge in [0, 0.05) is 5.75 Å². The predicted octanol–water partition coefficient (Wildman–Crippen LogP) is 5.79. The molecule has 4 rings (SSSR count). The van der Waals surface area contributed by atoms with E-state index in [1.807, 2.05) is 42.5 Å². The maximum absolute atomic E-state index is 13.5. The van der Waals surface area contributed by atoms with Crippen molar-refractivity contribution in [2.75, 3.05) is 16.2 Å². The van der Waals surface area contributed by atoms with Gasteiger partial charge in [-0.05, 0) is 41.3 Å². The highest BCUT2D eigenvalue weighted by Crippen LogP contribution is 2.29. The Kier molecular flexibility index (Phi) is 8.40. The first-order valence-corrected chi connectivity index (χ1v) is 14.5. The highest BCUT2D eigenvalue weighted by atomic mass is 32.2. The molecule has 4 aromatic rings. The summed E-state index contributed by atoms with van der Waals surface area (Å²) in [6.45, 7) is 3.73. The molecule has 0 saturated carbocycles. The van der Waals surface area contributed by atoms with Crippen LogP contribution < -0.4 is 9.62 Å². The number of carbonyl (C=O) groups excluding carboxylic acids is 1. The van der Waals surface area contributed by atoms with Gasteiger partial charge in [0.05, 0.1) is 10.6 Å². The first kappa shape index (κ1) is 25.9. The SMILES string of the molecule is CC(C)c1ccc(N(CC(=O)Nc2nnc(SCc3ccccc3)s2)S(=O)(=O)c2ccccc2)cc1. The molecular formula is C26H26N4O3S3. The Labute approximate surface area is 219 Å². The molecule has 0 atom stereocenters. The third kappa shape index (κ3) is 6.51. The average molecular weight is 539 g/mol. The van der Waals surface area contributed by atoms with Crippen molar-refractivity contribution in [1.29, 1.82) is 0 Å². The van der Waals surface area contributed by atoms with Crippen molar-refractivity contribution in [3.8, 4) is 0 Å². The lowest BCUT2D eigenvalue weighted by Gasteiger charge is -2.24. The summed E-state index contributed by atoms with van der Waals surface area (Å²) in [5, 5.41) is 11.2. The van der Waals surface area contributed by atoms with Gasteiger partial charge in [0.1, 0.15) is 6.54 Å². The minimum Gasteiger partial charge on any atom is -0.299 e. The van der Waals surface area contributed by atoms with Crippen LogP contribution in [-0.2, 0) is 20.6 Å². The molecule has 1 heterocycles. The molecule has 0 radical (unpaired) electrons. The van der Waals surface area contributed by atoms with Crippen LogP contribution in [-0.4, -0.2) is 31.1 Å². The lowest BCUT2D eigenvalue weighted by atomic mass is 10.0. The fourth-order valence-corrected chi connectivity index (χ4v) is 6.55. The molecule has 0 aliphatic rings. The number of thioether (sulfide) groups is 1. The highest BCUT2D eigenvalue weighted by molar-refractivity contribution is 8.00. The normalized spacial score (nSPS) is 11.4. The summed E-state index contributed by atoms with van der Waals surface area (Å²) in [5.41, 5.74) is 2.65. The smallest absolute Gasteiger partial charge is 0.264 e. The Balaban J connectivity index is 1.50. The van der Waals surface area contributed by atoms with Crippen LogP contribution in [0.15, 0.2) is 94.2 Å². The number of nitrogens with one attached hydrogen (secondary N) is 1. The van der Waals surface area contributed by atoms with Gasteiger partial charge in [0.25, 0.3) is 10.0 Å². The van der Waals surface area contributed by atoms with Gasteiger partial charge in [-0.2, -0.15) is 0 Å². The number of hydrogen-bond donors (Lipinski definition) is 1. The molecule has 1 aromatic heterocycles. The number of hydrogen-bond acceptors (Lipinski definition) is 7. The van der Waals surface area contributed by atoms with E-state index >= 15 is 0 Å². The molecule has 0 aliphatic heterocycles. The first-order chi connectivity index (χ1) is 17.3. The van der Waals surface area contributed by atoms with E-state index < -0.39 is 22.5 Å². The van der Waals surface area contributed by atoms with E-state index in [-0.39, 0.29) is 4.90 Å². The van der Waals surface area contributed by atoms with Gasteiger partial charge >= 0.3 is 0 Å². The zero-order chi connectivity index (χ0) is 25.5. The summed E-state index contributed by atoms with van der Waals surface area (Å²) in [6, 6.07) is 25.3. The molecule has 186 valence electrons. The van der Waals surface area contributed by atoms with Crippen LogP contribution in [0.3, 0.4) is 0 Å². The van der Waals surface area contributed by atoms with Gasteiger partial charge in [-0.1, -0.05) is 97.6 Å². The number of aromatic nitrogens is 2. The van der Waals surface area contributed by atoms with E-state index in [4.69, 9.17) is 0 Å². The summed E-state index contributed by atoms with van der Waals surface area (Å²) >= 11 is 2.78. The second-order valence-corrected chi connectivity index (χ2v) is 12.3. The summed E-state index contributed by atoms with van der Waals surface area (Å²) in [6.07, 6.45) is 0. The fraction of sp³-hybridized carbons (Fsp3) is 0.192. The molecule has 36 heavy (non-hydrogen) atoms. The fourth-order valence-electron chi connectivity index (χ4n) is 3.39. The van der Waals surface area contributed by atoms with Crippen LogP contribution in [0.4, 0.5) is 10.8 Å². The third-order valence-corrected chi connectivity index (χ3v) is 9.16. The monoisotopic (exact) mass is 538 g/mol. The van der Waals surface area contributed by atoms with E-state index in [1.54, 1.807) is 30.3 Å². The van der Waals surface area contributed by atoms with Crippen molar-refractivity contribution in [3.63, 3.8) is 0 Å². The van der Waals surface area contributed by atoms with Crippen LogP contribution in [0.25, 0.3) is 0 Å². The molecule has 1 amide bonds. The summed E-state index contributed by atoms with van der Waals surface area (Å²) in [7, 11) is -3.97. The highest BCUT2D eigenvalue weighted by Gasteiger charge is 2.27. The van der Waals surface area contributed by atoms with Crippen LogP contribution in [0.1, 0.15) is 30.9 Å². The molecule has 0 saturated heterocycles. The number of carbonyl (C=O) groups is 1. The largest absolute Gasteiger partial charge is 0.299 e. The molecule has 1 N–H and O–H groups in total. The zero-order valence-electron chi connectivity index (χ0n) is 19.9. The zero-order valence-corrected chi connectivity index (χ0v) is 22.3. The lowest BCUT2D eigenvalue weighted by Crippen LogP contribution is -2.38. The topological polar surface area (TPSA) is 92.3 Å². The Hall–Kier alpha value is -3.21. The van der Waals surface area contributed by atoms with E-state index in [1.165, 1.54) is 35.2 Å². The summed E-state index contributed by atoms with van der Waals surface area (Å²) in [5.74, 6) is 0.532. The number of rotatable bonds is 10.